The van der Waals surface area contributed by atoms with Crippen molar-refractivity contribution in [2.75, 3.05) is 10.6 Å². The van der Waals surface area contributed by atoms with Crippen molar-refractivity contribution in [3.05, 3.63) is 51.1 Å². The first kappa shape index (κ1) is 16.3. The maximum atomic E-state index is 12.5. The summed E-state index contributed by atoms with van der Waals surface area (Å²) in [6.07, 6.45) is 0. The molecular weight excluding hydrogens is 423 g/mol. The van der Waals surface area contributed by atoms with E-state index >= 15 is 0 Å². The Balaban J connectivity index is 1.83. The lowest BCUT2D eigenvalue weighted by Crippen LogP contribution is -2.26. The highest BCUT2D eigenvalue weighted by molar-refractivity contribution is 14.1. The fourth-order valence-electron chi connectivity index (χ4n) is 2.31. The molecule has 0 aliphatic carbocycles. The van der Waals surface area contributed by atoms with E-state index in [9.17, 15) is 9.59 Å². The van der Waals surface area contributed by atoms with Crippen molar-refractivity contribution in [2.24, 2.45) is 0 Å². The average Bonchev–Trinajstić information content (AvgIpc) is 2.50. The number of rotatable bonds is 2. The number of benzene rings is 2. The van der Waals surface area contributed by atoms with Crippen LogP contribution in [0.5, 0.6) is 0 Å². The number of nitrogens with one attached hydrogen (secondary N) is 2. The summed E-state index contributed by atoms with van der Waals surface area (Å²) in [5.41, 5.74) is 3.03. The van der Waals surface area contributed by atoms with Crippen LogP contribution in [-0.4, -0.2) is 17.1 Å². The average molecular weight is 438 g/mol. The highest BCUT2D eigenvalue weighted by Crippen LogP contribution is 2.36. The molecule has 0 bridgehead atoms. The predicted molar refractivity (Wildman–Crippen MR) is 102 cm³/mol. The van der Waals surface area contributed by atoms with Gasteiger partial charge in [-0.15, -0.1) is 11.8 Å². The Bertz CT molecular complexity index is 807. The van der Waals surface area contributed by atoms with E-state index in [0.717, 1.165) is 19.7 Å². The summed E-state index contributed by atoms with van der Waals surface area (Å²) in [5, 5.41) is 5.65. The number of carbonyl (C=O) groups is 2. The van der Waals surface area contributed by atoms with Crippen LogP contribution in [0.4, 0.5) is 11.4 Å². The second-order valence-corrected chi connectivity index (χ2v) is 8.00. The van der Waals surface area contributed by atoms with Gasteiger partial charge in [0.2, 0.25) is 5.91 Å². The number of fused-ring (bicyclic) bond motifs is 1. The number of halogens is 1. The molecule has 2 N–H and O–H groups in total. The first-order chi connectivity index (χ1) is 10.9. The number of amides is 2. The molecule has 1 aliphatic heterocycles. The molecule has 0 saturated carbocycles. The Hall–Kier alpha value is -1.54. The standard InChI is InChI=1S/C17H15IN2O2S/c1-9-7-12(18)4-5-13(9)19-17(22)11-3-6-15-14(8-11)20-16(21)10(2)23-15/h3-8,10H,1-2H3,(H,19,22)(H,20,21). The minimum atomic E-state index is -0.185. The van der Waals surface area contributed by atoms with Gasteiger partial charge in [-0.25, -0.2) is 0 Å². The summed E-state index contributed by atoms with van der Waals surface area (Å²) < 4.78 is 1.13. The van der Waals surface area contributed by atoms with Crippen LogP contribution in [-0.2, 0) is 4.79 Å². The van der Waals surface area contributed by atoms with Crippen molar-refractivity contribution in [3.63, 3.8) is 0 Å². The van der Waals surface area contributed by atoms with Crippen LogP contribution in [0.3, 0.4) is 0 Å². The molecule has 1 heterocycles. The summed E-state index contributed by atoms with van der Waals surface area (Å²) in [5.74, 6) is -0.219. The smallest absolute Gasteiger partial charge is 0.255 e. The second kappa shape index (κ2) is 6.52. The van der Waals surface area contributed by atoms with E-state index in [1.54, 1.807) is 12.1 Å². The van der Waals surface area contributed by atoms with Gasteiger partial charge in [0.1, 0.15) is 0 Å². The van der Waals surface area contributed by atoms with Crippen LogP contribution in [0.25, 0.3) is 0 Å². The minimum absolute atomic E-state index is 0.0338. The van der Waals surface area contributed by atoms with Gasteiger partial charge in [-0.2, -0.15) is 0 Å². The van der Waals surface area contributed by atoms with E-state index in [1.165, 1.54) is 11.8 Å². The Morgan fingerprint density at radius 3 is 2.78 bits per heavy atom. The van der Waals surface area contributed by atoms with Crippen molar-refractivity contribution >= 4 is 57.5 Å². The molecule has 6 heteroatoms. The number of carbonyl (C=O) groups excluding carboxylic acids is 2. The molecule has 4 nitrogen and oxygen atoms in total. The van der Waals surface area contributed by atoms with Gasteiger partial charge < -0.3 is 10.6 Å². The zero-order valence-electron chi connectivity index (χ0n) is 12.6. The fraction of sp³-hybridized carbons (Fsp3) is 0.176. The third kappa shape index (κ3) is 3.53. The van der Waals surface area contributed by atoms with Gasteiger partial charge in [0.05, 0.1) is 10.9 Å². The molecule has 0 radical (unpaired) electrons. The van der Waals surface area contributed by atoms with Crippen molar-refractivity contribution in [1.29, 1.82) is 0 Å². The summed E-state index contributed by atoms with van der Waals surface area (Å²) >= 11 is 3.74. The molecule has 1 atom stereocenters. The topological polar surface area (TPSA) is 58.2 Å². The Kier molecular flexibility index (Phi) is 4.63. The maximum absolute atomic E-state index is 12.5. The summed E-state index contributed by atoms with van der Waals surface area (Å²) in [6, 6.07) is 11.3. The van der Waals surface area contributed by atoms with Crippen molar-refractivity contribution in [3.8, 4) is 0 Å². The Morgan fingerprint density at radius 2 is 2.04 bits per heavy atom. The van der Waals surface area contributed by atoms with Crippen LogP contribution in [0, 0.1) is 10.5 Å². The van der Waals surface area contributed by atoms with Crippen LogP contribution in [0.2, 0.25) is 0 Å². The molecular formula is C17H15IN2O2S. The van der Waals surface area contributed by atoms with E-state index in [2.05, 4.69) is 33.2 Å². The molecule has 0 aromatic heterocycles. The molecule has 1 aliphatic rings. The van der Waals surface area contributed by atoms with E-state index < -0.39 is 0 Å². The van der Waals surface area contributed by atoms with Gasteiger partial charge in [0, 0.05) is 19.7 Å². The first-order valence-electron chi connectivity index (χ1n) is 7.13. The molecule has 2 amide bonds. The van der Waals surface area contributed by atoms with E-state index in [1.807, 2.05) is 38.1 Å². The van der Waals surface area contributed by atoms with Crippen LogP contribution >= 0.6 is 34.4 Å². The van der Waals surface area contributed by atoms with Gasteiger partial charge in [0.25, 0.3) is 5.91 Å². The Labute approximate surface area is 152 Å². The molecule has 0 fully saturated rings. The molecule has 3 rings (SSSR count). The monoisotopic (exact) mass is 438 g/mol. The maximum Gasteiger partial charge on any atom is 0.255 e. The van der Waals surface area contributed by atoms with Crippen molar-refractivity contribution in [1.82, 2.24) is 0 Å². The van der Waals surface area contributed by atoms with Crippen LogP contribution < -0.4 is 10.6 Å². The van der Waals surface area contributed by atoms with Gasteiger partial charge in [-0.1, -0.05) is 0 Å². The lowest BCUT2D eigenvalue weighted by atomic mass is 10.1. The summed E-state index contributed by atoms with van der Waals surface area (Å²) in [7, 11) is 0. The normalized spacial score (nSPS) is 16.5. The van der Waals surface area contributed by atoms with Gasteiger partial charge >= 0.3 is 0 Å². The number of hydrogen-bond acceptors (Lipinski definition) is 3. The fourth-order valence-corrected chi connectivity index (χ4v) is 3.89. The predicted octanol–water partition coefficient (Wildman–Crippen LogP) is 4.28. The summed E-state index contributed by atoms with van der Waals surface area (Å²) in [4.78, 5) is 25.2. The highest BCUT2D eigenvalue weighted by atomic mass is 127. The largest absolute Gasteiger partial charge is 0.324 e. The van der Waals surface area contributed by atoms with Crippen molar-refractivity contribution < 1.29 is 9.59 Å². The number of thioether (sulfide) groups is 1. The third-order valence-corrected chi connectivity index (χ3v) is 5.46. The number of hydrogen-bond donors (Lipinski definition) is 2. The SMILES string of the molecule is Cc1cc(I)ccc1NC(=O)c1ccc2c(c1)NC(=O)C(C)S2. The molecule has 0 saturated heterocycles. The third-order valence-electron chi connectivity index (χ3n) is 3.61. The Morgan fingerprint density at radius 1 is 1.26 bits per heavy atom. The van der Waals surface area contributed by atoms with Gasteiger partial charge in [-0.05, 0) is 78.4 Å². The lowest BCUT2D eigenvalue weighted by Gasteiger charge is -2.21. The lowest BCUT2D eigenvalue weighted by molar-refractivity contribution is -0.115. The molecule has 118 valence electrons. The molecule has 2 aromatic carbocycles. The molecule has 23 heavy (non-hydrogen) atoms. The minimum Gasteiger partial charge on any atom is -0.324 e. The van der Waals surface area contributed by atoms with E-state index in [4.69, 9.17) is 0 Å². The number of anilines is 2. The number of aryl methyl sites for hydroxylation is 1. The van der Waals surface area contributed by atoms with E-state index in [-0.39, 0.29) is 17.1 Å². The second-order valence-electron chi connectivity index (χ2n) is 5.37. The van der Waals surface area contributed by atoms with Crippen LogP contribution in [0.1, 0.15) is 22.8 Å². The zero-order valence-corrected chi connectivity index (χ0v) is 15.6. The quantitative estimate of drug-likeness (QED) is 0.689. The molecule has 1 unspecified atom stereocenters. The van der Waals surface area contributed by atoms with E-state index in [0.29, 0.717) is 11.3 Å². The first-order valence-corrected chi connectivity index (χ1v) is 9.09. The zero-order chi connectivity index (χ0) is 16.6. The van der Waals surface area contributed by atoms with Crippen LogP contribution in [0.15, 0.2) is 41.3 Å². The van der Waals surface area contributed by atoms with Gasteiger partial charge in [-0.3, -0.25) is 9.59 Å². The summed E-state index contributed by atoms with van der Waals surface area (Å²) in [6.45, 7) is 3.83. The highest BCUT2D eigenvalue weighted by Gasteiger charge is 2.23. The molecule has 0 spiro atoms. The molecule has 2 aromatic rings. The van der Waals surface area contributed by atoms with Gasteiger partial charge in [0.15, 0.2) is 0 Å². The van der Waals surface area contributed by atoms with Crippen molar-refractivity contribution in [2.45, 2.75) is 24.0 Å².